The van der Waals surface area contributed by atoms with Gasteiger partial charge in [0.15, 0.2) is 8.07 Å². The lowest BCUT2D eigenvalue weighted by Gasteiger charge is -2.47. The Morgan fingerprint density at radius 2 is 0.635 bits per heavy atom. The van der Waals surface area contributed by atoms with Crippen LogP contribution in [0.15, 0.2) is 370 Å². The van der Waals surface area contributed by atoms with E-state index in [0.29, 0.717) is 10.8 Å². The van der Waals surface area contributed by atoms with Gasteiger partial charge in [-0.25, -0.2) is 0 Å². The van der Waals surface area contributed by atoms with Crippen molar-refractivity contribution in [2.45, 2.75) is 92.3 Å². The third kappa shape index (κ3) is 12.6. The second-order valence-corrected chi connectivity index (χ2v) is 38.2. The van der Waals surface area contributed by atoms with Gasteiger partial charge in [0.05, 0.1) is 22.4 Å². The van der Waals surface area contributed by atoms with E-state index < -0.39 is 33.9 Å². The molecule has 1 aromatic heterocycles. The molecule has 115 heavy (non-hydrogen) atoms. The van der Waals surface area contributed by atoms with Crippen molar-refractivity contribution in [3.05, 3.63) is 398 Å². The van der Waals surface area contributed by atoms with E-state index in [4.69, 9.17) is 8.22 Å². The summed E-state index contributed by atoms with van der Waals surface area (Å²) in [6, 6.07) is 136. The fourth-order valence-corrected chi connectivity index (χ4v) is 23.1. The summed E-state index contributed by atoms with van der Waals surface area (Å²) in [6.07, 6.45) is 0. The highest BCUT2D eigenvalue weighted by atomic mass is 28.3. The third-order valence-corrected chi connectivity index (χ3v) is 28.9. The van der Waals surface area contributed by atoms with Gasteiger partial charge in [0.1, 0.15) is 0 Å². The van der Waals surface area contributed by atoms with Gasteiger partial charge in [-0.2, -0.15) is 0 Å². The number of fused-ring (bicyclic) bond motifs is 7. The van der Waals surface area contributed by atoms with Gasteiger partial charge in [-0.3, -0.25) is 0 Å². The quantitative estimate of drug-likeness (QED) is 0.0842. The number of aromatic nitrogens is 1. The lowest BCUT2D eigenvalue weighted by Crippen LogP contribution is -2.74. The highest BCUT2D eigenvalue weighted by Crippen LogP contribution is 2.56. The molecule has 0 atom stereocenters. The predicted octanol–water partition coefficient (Wildman–Crippen LogP) is 24.8. The summed E-state index contributed by atoms with van der Waals surface area (Å²) in [5.74, 6) is 0. The van der Waals surface area contributed by atoms with Crippen LogP contribution in [-0.2, 0) is 16.2 Å². The molecule has 0 N–H and O–H groups in total. The van der Waals surface area contributed by atoms with Crippen molar-refractivity contribution in [2.75, 3.05) is 9.80 Å². The summed E-state index contributed by atoms with van der Waals surface area (Å²) in [5, 5.41) is 6.51. The van der Waals surface area contributed by atoms with Crippen LogP contribution in [0.2, 0.25) is 0 Å². The maximum absolute atomic E-state index is 8.75. The molecule has 556 valence electrons. The summed E-state index contributed by atoms with van der Waals surface area (Å²) < 4.78 is 54.7. The Morgan fingerprint density at radius 1 is 0.270 bits per heavy atom. The Bertz CT molecular complexity index is 6600. The lowest BCUT2D eigenvalue weighted by atomic mass is 9.33. The maximum Gasteiger partial charge on any atom is 0.252 e. The van der Waals surface area contributed by atoms with E-state index in [1.807, 2.05) is 12.1 Å². The molecular weight excluding hydrogens is 1400 g/mol. The molecule has 2 aliphatic rings. The van der Waals surface area contributed by atoms with Crippen LogP contribution in [0, 0.1) is 13.7 Å². The average Bonchev–Trinajstić information content (AvgIpc) is 1.23. The molecule has 0 saturated heterocycles. The van der Waals surface area contributed by atoms with E-state index in [-0.39, 0.29) is 22.0 Å². The van der Waals surface area contributed by atoms with Gasteiger partial charge in [0.2, 0.25) is 0 Å². The predicted molar refractivity (Wildman–Crippen MR) is 497 cm³/mol. The second-order valence-electron chi connectivity index (χ2n) is 34.4. The molecule has 16 aromatic carbocycles. The summed E-state index contributed by atoms with van der Waals surface area (Å²) in [7, 11) is -2.95. The molecule has 17 aromatic rings. The van der Waals surface area contributed by atoms with E-state index in [0.717, 1.165) is 140 Å². The van der Waals surface area contributed by atoms with Gasteiger partial charge < -0.3 is 14.4 Å². The molecular formula is C110H94BN3Si. The summed E-state index contributed by atoms with van der Waals surface area (Å²) in [5.41, 5.74) is 27.8. The van der Waals surface area contributed by atoms with Gasteiger partial charge in [0.25, 0.3) is 6.71 Å². The highest BCUT2D eigenvalue weighted by molar-refractivity contribution is 7.20. The third-order valence-electron chi connectivity index (χ3n) is 24.1. The normalized spacial score (nSPS) is 13.8. The van der Waals surface area contributed by atoms with E-state index in [1.165, 1.54) is 31.9 Å². The molecule has 0 bridgehead atoms. The standard InChI is InChI=1S/C110H94BN3Si/c1-73-50-59-99-95(62-73)96-63-74(2)51-60-100(96)112(99)86-55-58-97-102(72-86)114(106-91(77-36-21-13-22-37-77)66-83(108(3,4)5)67-92(106)78-38-23-14-24-39-78)104-71-85(110(9,10)11)70-103-105(104)111(97)98-65-81(76-52-56-90(57-53-76)115(87-44-27-16-28-45-87,88-46-29-17-30-47-88)89-48-31-18-32-49-89)54-61-101(98)113(103)107-93(79-40-25-15-26-41-79)68-84(109(6,7)8)69-94(107)82-43-33-42-80(64-82)75-34-19-12-20-35-75/h12-72H,1-11H3/i1D3,2D3. The van der Waals surface area contributed by atoms with E-state index >= 15 is 0 Å². The number of hydrogen-bond acceptors (Lipinski definition) is 2. The fourth-order valence-electron chi connectivity index (χ4n) is 18.3. The Balaban J connectivity index is 0.969. The van der Waals surface area contributed by atoms with Gasteiger partial charge in [-0.15, -0.1) is 0 Å². The van der Waals surface area contributed by atoms with Crippen molar-refractivity contribution in [2.24, 2.45) is 0 Å². The zero-order chi connectivity index (χ0) is 83.7. The number of aryl methyl sites for hydroxylation is 2. The molecule has 0 fully saturated rings. The molecule has 3 heterocycles. The van der Waals surface area contributed by atoms with Crippen molar-refractivity contribution in [1.29, 1.82) is 0 Å². The molecule has 0 saturated carbocycles. The van der Waals surface area contributed by atoms with Crippen LogP contribution in [-0.4, -0.2) is 19.4 Å². The highest BCUT2D eigenvalue weighted by Gasteiger charge is 2.47. The molecule has 5 heteroatoms. The zero-order valence-electron chi connectivity index (χ0n) is 72.6. The van der Waals surface area contributed by atoms with E-state index in [9.17, 15) is 0 Å². The van der Waals surface area contributed by atoms with Crippen molar-refractivity contribution < 1.29 is 8.22 Å². The summed E-state index contributed by atoms with van der Waals surface area (Å²) in [6.45, 7) is 15.7. The summed E-state index contributed by atoms with van der Waals surface area (Å²) in [4.78, 5) is 5.29. The second kappa shape index (κ2) is 28.4. The SMILES string of the molecule is [2H]C([2H])([2H])c1ccc2c(c1)c1cc(C([2H])([2H])[2H])ccc1n2-c1ccc2c(c1)N(c1c(-c3ccccc3)cc(C(C)(C)C)cc1-c1ccccc1)c1cc(C(C)(C)C)cc3c1B2c1cc(-c2ccc([Si](c4ccccc4)(c4ccccc4)c4ccccc4)cc2)ccc1N3c1c(-c2ccccc2)cc(C(C)(C)C)cc1-c1cccc(-c2ccccc2)c1. The molecule has 2 aliphatic heterocycles. The number of rotatable bonds is 13. The van der Waals surface area contributed by atoms with Crippen LogP contribution in [0.4, 0.5) is 34.1 Å². The van der Waals surface area contributed by atoms with Crippen LogP contribution in [0.3, 0.4) is 0 Å². The first-order valence-electron chi connectivity index (χ1n) is 43.3. The number of hydrogen-bond donors (Lipinski definition) is 0. The molecule has 0 radical (unpaired) electrons. The Hall–Kier alpha value is -12.8. The van der Waals surface area contributed by atoms with Crippen molar-refractivity contribution in [3.63, 3.8) is 0 Å². The molecule has 0 amide bonds. The first-order valence-corrected chi connectivity index (χ1v) is 42.3. The number of nitrogens with zero attached hydrogens (tertiary/aromatic N) is 3. The Kier molecular flexibility index (Phi) is 16.2. The lowest BCUT2D eigenvalue weighted by molar-refractivity contribution is 0.590. The number of benzene rings is 16. The average molecular weight is 1500 g/mol. The fraction of sp³-hybridized carbons (Fsp3) is 0.127. The van der Waals surface area contributed by atoms with Crippen LogP contribution < -0.4 is 46.9 Å². The van der Waals surface area contributed by atoms with Crippen LogP contribution in [0.1, 0.15) is 98.4 Å². The van der Waals surface area contributed by atoms with E-state index in [1.54, 1.807) is 24.3 Å². The smallest absolute Gasteiger partial charge is 0.252 e. The Morgan fingerprint density at radius 3 is 1.08 bits per heavy atom. The monoisotopic (exact) mass is 1500 g/mol. The van der Waals surface area contributed by atoms with Crippen LogP contribution >= 0.6 is 0 Å². The Labute approximate surface area is 688 Å². The minimum atomic E-state index is -2.95. The first-order chi connectivity index (χ1) is 58.2. The summed E-state index contributed by atoms with van der Waals surface area (Å²) >= 11 is 0. The topological polar surface area (TPSA) is 11.4 Å². The zero-order valence-corrected chi connectivity index (χ0v) is 67.6. The molecule has 0 spiro atoms. The van der Waals surface area contributed by atoms with Gasteiger partial charge in [-0.05, 0) is 213 Å². The van der Waals surface area contributed by atoms with Crippen molar-refractivity contribution in [3.8, 4) is 72.4 Å². The molecule has 3 nitrogen and oxygen atoms in total. The van der Waals surface area contributed by atoms with Crippen LogP contribution in [0.5, 0.6) is 0 Å². The van der Waals surface area contributed by atoms with Gasteiger partial charge >= 0.3 is 0 Å². The minimum absolute atomic E-state index is 0.174. The first kappa shape index (κ1) is 65.7. The molecule has 0 aliphatic carbocycles. The molecule has 19 rings (SSSR count). The van der Waals surface area contributed by atoms with Crippen LogP contribution in [0.25, 0.3) is 94.3 Å². The van der Waals surface area contributed by atoms with Crippen molar-refractivity contribution >= 4 is 108 Å². The maximum atomic E-state index is 8.75. The van der Waals surface area contributed by atoms with E-state index in [2.05, 4.69) is 410 Å². The van der Waals surface area contributed by atoms with Crippen molar-refractivity contribution in [1.82, 2.24) is 4.57 Å². The largest absolute Gasteiger partial charge is 0.310 e. The van der Waals surface area contributed by atoms with Gasteiger partial charge in [0, 0.05) is 69.7 Å². The minimum Gasteiger partial charge on any atom is -0.310 e. The molecule has 0 unspecified atom stereocenters. The number of anilines is 6. The van der Waals surface area contributed by atoms with Gasteiger partial charge in [-0.1, -0.05) is 359 Å².